The average molecular weight is 493 g/mol. The van der Waals surface area contributed by atoms with Crippen LogP contribution >= 0.6 is 0 Å². The second-order valence-corrected chi connectivity index (χ2v) is 12.1. The summed E-state index contributed by atoms with van der Waals surface area (Å²) in [7, 11) is 0. The first-order valence-corrected chi connectivity index (χ1v) is 14.1. The summed E-state index contributed by atoms with van der Waals surface area (Å²) in [4.78, 5) is 29.9. The number of aryl methyl sites for hydroxylation is 1. The molecule has 1 aromatic rings. The van der Waals surface area contributed by atoms with Gasteiger partial charge in [-0.25, -0.2) is 4.39 Å². The lowest BCUT2D eigenvalue weighted by molar-refractivity contribution is -0.131. The fourth-order valence-electron chi connectivity index (χ4n) is 7.01. The summed E-state index contributed by atoms with van der Waals surface area (Å²) in [5, 5.41) is 7.06. The number of fused-ring (bicyclic) bond motifs is 1. The van der Waals surface area contributed by atoms with Crippen LogP contribution < -0.4 is 10.6 Å². The Kier molecular flexibility index (Phi) is 5.42. The van der Waals surface area contributed by atoms with Crippen LogP contribution in [0.25, 0.3) is 0 Å². The van der Waals surface area contributed by atoms with Gasteiger partial charge in [0.25, 0.3) is 0 Å². The van der Waals surface area contributed by atoms with Crippen molar-refractivity contribution < 1.29 is 14.0 Å². The molecular weight excluding hydrogens is 455 g/mol. The quantitative estimate of drug-likeness (QED) is 0.650. The lowest BCUT2D eigenvalue weighted by atomic mass is 9.82. The number of nitrogens with one attached hydrogen (secondary N) is 2. The lowest BCUT2D eigenvalue weighted by Crippen LogP contribution is -2.43. The van der Waals surface area contributed by atoms with Gasteiger partial charge in [0.1, 0.15) is 17.5 Å². The van der Waals surface area contributed by atoms with Crippen LogP contribution in [-0.2, 0) is 16.0 Å². The van der Waals surface area contributed by atoms with Crippen molar-refractivity contribution in [3.8, 4) is 0 Å². The van der Waals surface area contributed by atoms with Crippen molar-refractivity contribution >= 4 is 17.5 Å². The number of carbonyl (C=O) groups is 2. The van der Waals surface area contributed by atoms with E-state index in [1.807, 2.05) is 9.80 Å². The first-order valence-electron chi connectivity index (χ1n) is 14.1. The minimum Gasteiger partial charge on any atom is -0.385 e. The van der Waals surface area contributed by atoms with Gasteiger partial charge in [0.2, 0.25) is 11.8 Å². The summed E-state index contributed by atoms with van der Waals surface area (Å²) in [6.07, 6.45) is 8.59. The molecule has 1 aromatic carbocycles. The number of anilines is 1. The molecule has 2 saturated carbocycles. The number of nitrogens with zero attached hydrogens (tertiary/aromatic N) is 2. The predicted molar refractivity (Wildman–Crippen MR) is 136 cm³/mol. The molecule has 0 radical (unpaired) electrons. The molecule has 2 saturated heterocycles. The highest BCUT2D eigenvalue weighted by Crippen LogP contribution is 2.47. The fraction of sp³-hybridized carbons (Fsp3) is 0.655. The normalized spacial score (nSPS) is 31.1. The van der Waals surface area contributed by atoms with Gasteiger partial charge in [-0.3, -0.25) is 14.9 Å². The summed E-state index contributed by atoms with van der Waals surface area (Å²) in [5.74, 6) is 1.09. The lowest BCUT2D eigenvalue weighted by Gasteiger charge is -2.33. The van der Waals surface area contributed by atoms with Crippen molar-refractivity contribution in [1.29, 1.82) is 0 Å². The van der Waals surface area contributed by atoms with Gasteiger partial charge in [0.05, 0.1) is 0 Å². The second kappa shape index (κ2) is 8.57. The molecule has 0 aromatic heterocycles. The van der Waals surface area contributed by atoms with Crippen LogP contribution in [0.15, 0.2) is 29.6 Å². The van der Waals surface area contributed by atoms with Crippen molar-refractivity contribution in [2.75, 3.05) is 31.5 Å². The van der Waals surface area contributed by atoms with Crippen LogP contribution in [0.3, 0.4) is 0 Å². The highest BCUT2D eigenvalue weighted by atomic mass is 19.1. The molecule has 3 aliphatic heterocycles. The van der Waals surface area contributed by atoms with Gasteiger partial charge in [0, 0.05) is 44.2 Å². The molecule has 3 heterocycles. The first kappa shape index (κ1) is 22.8. The van der Waals surface area contributed by atoms with Gasteiger partial charge in [-0.1, -0.05) is 12.1 Å². The molecule has 1 spiro atoms. The molecule has 6 nitrogen and oxygen atoms in total. The summed E-state index contributed by atoms with van der Waals surface area (Å²) < 4.78 is 15.8. The van der Waals surface area contributed by atoms with E-state index in [0.717, 1.165) is 76.6 Å². The molecule has 36 heavy (non-hydrogen) atoms. The molecule has 2 unspecified atom stereocenters. The fourth-order valence-corrected chi connectivity index (χ4v) is 7.01. The largest absolute Gasteiger partial charge is 0.385 e. The third kappa shape index (κ3) is 3.94. The van der Waals surface area contributed by atoms with E-state index in [1.165, 1.54) is 16.8 Å². The zero-order valence-corrected chi connectivity index (χ0v) is 21.0. The molecule has 7 rings (SSSR count). The van der Waals surface area contributed by atoms with Crippen molar-refractivity contribution in [3.63, 3.8) is 0 Å². The third-order valence-corrected chi connectivity index (χ3v) is 9.53. The number of carbonyl (C=O) groups excluding carboxylic acids is 2. The minimum atomic E-state index is -0.471. The van der Waals surface area contributed by atoms with Crippen LogP contribution in [0.2, 0.25) is 0 Å². The molecular formula is C29H37FN4O2. The van der Waals surface area contributed by atoms with E-state index in [-0.39, 0.29) is 35.7 Å². The molecule has 7 heteroatoms. The zero-order valence-electron chi connectivity index (χ0n) is 21.0. The van der Waals surface area contributed by atoms with E-state index in [4.69, 9.17) is 0 Å². The molecule has 0 bridgehead atoms. The minimum absolute atomic E-state index is 0.0399. The smallest absolute Gasteiger partial charge is 0.244 e. The number of benzene rings is 1. The predicted octanol–water partition coefficient (Wildman–Crippen LogP) is 4.08. The van der Waals surface area contributed by atoms with E-state index >= 15 is 4.39 Å². The van der Waals surface area contributed by atoms with Gasteiger partial charge >= 0.3 is 0 Å². The Labute approximate surface area is 212 Å². The van der Waals surface area contributed by atoms with Gasteiger partial charge in [-0.15, -0.1) is 0 Å². The highest BCUT2D eigenvalue weighted by Gasteiger charge is 2.60. The van der Waals surface area contributed by atoms with Crippen LogP contribution in [0.1, 0.15) is 74.8 Å². The van der Waals surface area contributed by atoms with Crippen LogP contribution in [0, 0.1) is 11.8 Å². The second-order valence-electron chi connectivity index (χ2n) is 12.1. The summed E-state index contributed by atoms with van der Waals surface area (Å²) in [5.41, 5.74) is 4.10. The highest BCUT2D eigenvalue weighted by molar-refractivity contribution is 5.92. The van der Waals surface area contributed by atoms with Gasteiger partial charge in [-0.2, -0.15) is 0 Å². The molecule has 6 aliphatic rings. The van der Waals surface area contributed by atoms with Crippen LogP contribution in [-0.4, -0.2) is 59.5 Å². The SMILES string of the molecule is O=C(C1CC1)N1CC[C@@H](CN2C(=O)C3(CC3)NC2C2=C(F)CC(c3ccc4c(c3)NCCC4)CC2)C1. The Morgan fingerprint density at radius 2 is 2.00 bits per heavy atom. The monoisotopic (exact) mass is 492 g/mol. The summed E-state index contributed by atoms with van der Waals surface area (Å²) in [6.45, 7) is 3.14. The Morgan fingerprint density at radius 1 is 1.14 bits per heavy atom. The standard InChI is InChI=1S/C29H37FN4O2/c30-24-14-21(22-6-3-19-2-1-12-31-25(19)15-22)7-8-23(24)26-32-29(10-11-29)28(36)34(26)17-18-9-13-33(16-18)27(35)20-4-5-20/h3,6,15,18,20-21,26,31-32H,1-2,4-5,7-14,16-17H2/t18-,21?,26?/m1/s1. The van der Waals surface area contributed by atoms with E-state index in [1.54, 1.807) is 0 Å². The molecule has 3 atom stereocenters. The Bertz CT molecular complexity index is 1120. The van der Waals surface area contributed by atoms with Crippen molar-refractivity contribution in [2.45, 2.75) is 81.8 Å². The molecule has 3 aliphatic carbocycles. The van der Waals surface area contributed by atoms with Crippen molar-refractivity contribution in [2.24, 2.45) is 11.8 Å². The Morgan fingerprint density at radius 3 is 2.78 bits per heavy atom. The Hall–Kier alpha value is -2.41. The van der Waals surface area contributed by atoms with E-state index in [2.05, 4.69) is 28.8 Å². The zero-order chi connectivity index (χ0) is 24.4. The van der Waals surface area contributed by atoms with Gasteiger partial charge in [-0.05, 0) is 92.4 Å². The summed E-state index contributed by atoms with van der Waals surface area (Å²) in [6, 6.07) is 6.63. The van der Waals surface area contributed by atoms with Crippen LogP contribution in [0.4, 0.5) is 10.1 Å². The molecule has 4 fully saturated rings. The Balaban J connectivity index is 1.07. The number of amides is 2. The van der Waals surface area contributed by atoms with Gasteiger partial charge in [0.15, 0.2) is 0 Å². The number of halogens is 1. The van der Waals surface area contributed by atoms with E-state index in [9.17, 15) is 9.59 Å². The molecule has 192 valence electrons. The number of rotatable bonds is 5. The van der Waals surface area contributed by atoms with Crippen LogP contribution in [0.5, 0.6) is 0 Å². The maximum Gasteiger partial charge on any atom is 0.244 e. The maximum atomic E-state index is 15.8. The average Bonchev–Trinajstić information content (AvgIpc) is 3.82. The van der Waals surface area contributed by atoms with Gasteiger partial charge < -0.3 is 15.1 Å². The maximum absolute atomic E-state index is 15.8. The number of hydrogen-bond donors (Lipinski definition) is 2. The summed E-state index contributed by atoms with van der Waals surface area (Å²) >= 11 is 0. The topological polar surface area (TPSA) is 64.7 Å². The van der Waals surface area contributed by atoms with Crippen molar-refractivity contribution in [3.05, 3.63) is 40.7 Å². The first-order chi connectivity index (χ1) is 17.5. The molecule has 2 amide bonds. The molecule has 2 N–H and O–H groups in total. The third-order valence-electron chi connectivity index (χ3n) is 9.53. The van der Waals surface area contributed by atoms with E-state index < -0.39 is 5.54 Å². The number of likely N-dealkylation sites (tertiary alicyclic amines) is 1. The van der Waals surface area contributed by atoms with Crippen molar-refractivity contribution in [1.82, 2.24) is 15.1 Å². The number of hydrogen-bond acceptors (Lipinski definition) is 4. The number of allylic oxidation sites excluding steroid dienone is 1. The van der Waals surface area contributed by atoms with E-state index in [0.29, 0.717) is 25.3 Å².